The Morgan fingerprint density at radius 3 is 2.32 bits per heavy atom. The highest BCUT2D eigenvalue weighted by atomic mass is 35.5. The summed E-state index contributed by atoms with van der Waals surface area (Å²) in [6.07, 6.45) is 0.419. The molecular formula is C21H23ClN4O4S. The molecule has 1 amide bonds. The van der Waals surface area contributed by atoms with Crippen molar-refractivity contribution in [2.24, 2.45) is 0 Å². The second-order valence-electron chi connectivity index (χ2n) is 6.68. The highest BCUT2D eigenvalue weighted by Gasteiger charge is 2.21. The third-order valence-electron chi connectivity index (χ3n) is 4.62. The summed E-state index contributed by atoms with van der Waals surface area (Å²) >= 11 is 5.87. The Bertz CT molecular complexity index is 1120. The summed E-state index contributed by atoms with van der Waals surface area (Å²) in [6, 6.07) is 13.2. The van der Waals surface area contributed by atoms with Crippen LogP contribution in [0.3, 0.4) is 0 Å². The maximum absolute atomic E-state index is 12.5. The Morgan fingerprint density at radius 1 is 1.06 bits per heavy atom. The topological polar surface area (TPSA) is 105 Å². The van der Waals surface area contributed by atoms with Gasteiger partial charge >= 0.3 is 0 Å². The molecule has 1 heterocycles. The van der Waals surface area contributed by atoms with Crippen LogP contribution in [0.1, 0.15) is 26.2 Å². The van der Waals surface area contributed by atoms with E-state index in [9.17, 15) is 13.2 Å². The summed E-state index contributed by atoms with van der Waals surface area (Å²) in [7, 11) is -3.53. The first-order chi connectivity index (χ1) is 14.8. The van der Waals surface area contributed by atoms with E-state index in [1.807, 2.05) is 0 Å². The van der Waals surface area contributed by atoms with Crippen LogP contribution >= 0.6 is 11.6 Å². The Hall–Kier alpha value is -2.75. The molecule has 0 aliphatic carbocycles. The first-order valence-electron chi connectivity index (χ1n) is 9.82. The van der Waals surface area contributed by atoms with Gasteiger partial charge in [-0.1, -0.05) is 30.6 Å². The van der Waals surface area contributed by atoms with Gasteiger partial charge in [0, 0.05) is 42.2 Å². The molecule has 0 saturated heterocycles. The molecule has 0 saturated carbocycles. The highest BCUT2D eigenvalue weighted by Crippen LogP contribution is 2.20. The highest BCUT2D eigenvalue weighted by molar-refractivity contribution is 7.89. The van der Waals surface area contributed by atoms with E-state index in [0.29, 0.717) is 35.5 Å². The fraction of sp³-hybridized carbons (Fsp3) is 0.286. The lowest BCUT2D eigenvalue weighted by molar-refractivity contribution is -0.116. The molecule has 8 nitrogen and oxygen atoms in total. The molecule has 3 rings (SSSR count). The minimum Gasteiger partial charge on any atom is -0.339 e. The molecule has 0 bridgehead atoms. The van der Waals surface area contributed by atoms with Crippen LogP contribution in [-0.4, -0.2) is 41.9 Å². The fourth-order valence-electron chi connectivity index (χ4n) is 2.94. The first kappa shape index (κ1) is 22.9. The number of carbonyl (C=O) groups is 1. The van der Waals surface area contributed by atoms with Crippen molar-refractivity contribution >= 4 is 33.2 Å². The molecule has 0 aliphatic heterocycles. The van der Waals surface area contributed by atoms with Crippen molar-refractivity contribution < 1.29 is 17.7 Å². The Morgan fingerprint density at radius 2 is 1.71 bits per heavy atom. The number of hydrogen-bond acceptors (Lipinski definition) is 6. The van der Waals surface area contributed by atoms with E-state index in [1.54, 1.807) is 50.2 Å². The Balaban J connectivity index is 1.56. The van der Waals surface area contributed by atoms with Gasteiger partial charge in [0.25, 0.3) is 0 Å². The minimum atomic E-state index is -3.53. The zero-order valence-corrected chi connectivity index (χ0v) is 18.8. The van der Waals surface area contributed by atoms with E-state index in [2.05, 4.69) is 15.5 Å². The van der Waals surface area contributed by atoms with Crippen LogP contribution in [0.4, 0.5) is 5.69 Å². The number of benzene rings is 2. The molecule has 3 aromatic rings. The van der Waals surface area contributed by atoms with E-state index < -0.39 is 10.0 Å². The first-order valence-corrected chi connectivity index (χ1v) is 11.6. The molecule has 10 heteroatoms. The van der Waals surface area contributed by atoms with Gasteiger partial charge in [0.2, 0.25) is 27.6 Å². The lowest BCUT2D eigenvalue weighted by Crippen LogP contribution is -2.30. The van der Waals surface area contributed by atoms with Gasteiger partial charge in [-0.25, -0.2) is 8.42 Å². The van der Waals surface area contributed by atoms with Crippen LogP contribution in [0.2, 0.25) is 5.02 Å². The van der Waals surface area contributed by atoms with Gasteiger partial charge in [0.1, 0.15) is 0 Å². The lowest BCUT2D eigenvalue weighted by atomic mass is 10.2. The van der Waals surface area contributed by atoms with Gasteiger partial charge in [-0.3, -0.25) is 4.79 Å². The number of halogens is 1. The Labute approximate surface area is 186 Å². The van der Waals surface area contributed by atoms with Gasteiger partial charge in [0.15, 0.2) is 0 Å². The summed E-state index contributed by atoms with van der Waals surface area (Å²) in [5.74, 6) is 0.531. The lowest BCUT2D eigenvalue weighted by Gasteiger charge is -2.18. The van der Waals surface area contributed by atoms with Crippen molar-refractivity contribution in [3.05, 3.63) is 59.4 Å². The van der Waals surface area contributed by atoms with E-state index in [0.717, 1.165) is 5.56 Å². The average molecular weight is 463 g/mol. The molecular weight excluding hydrogens is 440 g/mol. The summed E-state index contributed by atoms with van der Waals surface area (Å²) in [5, 5.41) is 7.27. The summed E-state index contributed by atoms with van der Waals surface area (Å²) in [6.45, 7) is 4.37. The number of sulfonamides is 1. The van der Waals surface area contributed by atoms with E-state index in [-0.39, 0.29) is 23.6 Å². The van der Waals surface area contributed by atoms with Crippen LogP contribution < -0.4 is 5.32 Å². The average Bonchev–Trinajstić information content (AvgIpc) is 3.23. The molecule has 0 aliphatic rings. The number of rotatable bonds is 9. The number of nitrogens with zero attached hydrogens (tertiary/aromatic N) is 3. The molecule has 0 atom stereocenters. The quantitative estimate of drug-likeness (QED) is 0.515. The zero-order chi connectivity index (χ0) is 22.4. The number of aryl methyl sites for hydroxylation is 1. The number of amides is 1. The van der Waals surface area contributed by atoms with Crippen molar-refractivity contribution in [1.29, 1.82) is 0 Å². The van der Waals surface area contributed by atoms with E-state index >= 15 is 0 Å². The normalized spacial score (nSPS) is 11.6. The van der Waals surface area contributed by atoms with Crippen molar-refractivity contribution in [1.82, 2.24) is 14.4 Å². The second-order valence-corrected chi connectivity index (χ2v) is 9.05. The molecule has 1 N–H and O–H groups in total. The zero-order valence-electron chi connectivity index (χ0n) is 17.2. The standard InChI is InChI=1S/C21H23ClN4O4S/c1-3-26(4-2)31(28,29)18-11-9-17(10-12-18)23-19(27)13-14-20-24-21(25-30-20)15-5-7-16(22)8-6-15/h5-12H,3-4,13-14H2,1-2H3,(H,23,27). The van der Waals surface area contributed by atoms with Crippen LogP contribution in [0, 0.1) is 0 Å². The second kappa shape index (κ2) is 10.0. The van der Waals surface area contributed by atoms with Gasteiger partial charge < -0.3 is 9.84 Å². The van der Waals surface area contributed by atoms with Gasteiger partial charge in [-0.05, 0) is 48.5 Å². The summed E-state index contributed by atoms with van der Waals surface area (Å²) in [4.78, 5) is 16.7. The predicted molar refractivity (Wildman–Crippen MR) is 118 cm³/mol. The number of nitrogens with one attached hydrogen (secondary N) is 1. The molecule has 0 unspecified atom stereocenters. The van der Waals surface area contributed by atoms with Crippen molar-refractivity contribution in [2.75, 3.05) is 18.4 Å². The van der Waals surface area contributed by atoms with Crippen LogP contribution in [0.5, 0.6) is 0 Å². The van der Waals surface area contributed by atoms with Crippen LogP contribution in [0.25, 0.3) is 11.4 Å². The molecule has 2 aromatic carbocycles. The van der Waals surface area contributed by atoms with Crippen LogP contribution in [0.15, 0.2) is 57.9 Å². The molecule has 31 heavy (non-hydrogen) atoms. The number of aromatic nitrogens is 2. The predicted octanol–water partition coefficient (Wildman–Crippen LogP) is 3.99. The molecule has 0 radical (unpaired) electrons. The molecule has 1 aromatic heterocycles. The monoisotopic (exact) mass is 462 g/mol. The Kier molecular flexibility index (Phi) is 7.42. The number of carbonyl (C=O) groups excluding carboxylic acids is 1. The summed E-state index contributed by atoms with van der Waals surface area (Å²) < 4.78 is 31.6. The third kappa shape index (κ3) is 5.69. The van der Waals surface area contributed by atoms with Crippen LogP contribution in [-0.2, 0) is 21.2 Å². The fourth-order valence-corrected chi connectivity index (χ4v) is 4.52. The van der Waals surface area contributed by atoms with E-state index in [1.165, 1.54) is 16.4 Å². The molecule has 0 fully saturated rings. The van der Waals surface area contributed by atoms with Gasteiger partial charge in [0.05, 0.1) is 4.90 Å². The van der Waals surface area contributed by atoms with E-state index in [4.69, 9.17) is 16.1 Å². The van der Waals surface area contributed by atoms with Crippen molar-refractivity contribution in [2.45, 2.75) is 31.6 Å². The maximum atomic E-state index is 12.5. The summed E-state index contributed by atoms with van der Waals surface area (Å²) in [5.41, 5.74) is 1.28. The maximum Gasteiger partial charge on any atom is 0.243 e. The largest absolute Gasteiger partial charge is 0.339 e. The minimum absolute atomic E-state index is 0.141. The van der Waals surface area contributed by atoms with Gasteiger partial charge in [-0.2, -0.15) is 9.29 Å². The van der Waals surface area contributed by atoms with Crippen molar-refractivity contribution in [3.63, 3.8) is 0 Å². The molecule has 164 valence electrons. The smallest absolute Gasteiger partial charge is 0.243 e. The number of hydrogen-bond donors (Lipinski definition) is 1. The number of anilines is 1. The molecule has 0 spiro atoms. The van der Waals surface area contributed by atoms with Crippen molar-refractivity contribution in [3.8, 4) is 11.4 Å². The SMILES string of the molecule is CCN(CC)S(=O)(=O)c1ccc(NC(=O)CCc2nc(-c3ccc(Cl)cc3)no2)cc1. The van der Waals surface area contributed by atoms with Gasteiger partial charge in [-0.15, -0.1) is 0 Å². The third-order valence-corrected chi connectivity index (χ3v) is 6.93.